The summed E-state index contributed by atoms with van der Waals surface area (Å²) in [5.41, 5.74) is 2.74. The average molecular weight is 520 g/mol. The van der Waals surface area contributed by atoms with Crippen molar-refractivity contribution in [3.63, 3.8) is 0 Å². The summed E-state index contributed by atoms with van der Waals surface area (Å²) in [6, 6.07) is 16.0. The molecule has 2 aromatic carbocycles. The number of benzene rings is 2. The number of carbonyl (C=O) groups is 2. The molecule has 3 aromatic rings. The lowest BCUT2D eigenvalue weighted by Crippen LogP contribution is -2.53. The number of hydrogen-bond donors (Lipinski definition) is 0. The molecule has 1 amide bonds. The number of anilines is 1. The van der Waals surface area contributed by atoms with Crippen molar-refractivity contribution < 1.29 is 14.7 Å². The maximum absolute atomic E-state index is 13.1. The number of piperazine rings is 1. The Hall–Kier alpha value is -3.26. The van der Waals surface area contributed by atoms with E-state index < -0.39 is 17.8 Å². The van der Waals surface area contributed by atoms with E-state index in [1.165, 1.54) is 0 Å². The number of amides is 1. The van der Waals surface area contributed by atoms with Crippen LogP contribution in [0.15, 0.2) is 65.2 Å². The van der Waals surface area contributed by atoms with Crippen molar-refractivity contribution in [1.29, 1.82) is 0 Å². The molecule has 0 N–H and O–H groups in total. The van der Waals surface area contributed by atoms with Gasteiger partial charge in [0.25, 0.3) is 0 Å². The number of fused-ring (bicyclic) bond motifs is 1. The van der Waals surface area contributed by atoms with E-state index >= 15 is 0 Å². The van der Waals surface area contributed by atoms with Crippen LogP contribution in [0.5, 0.6) is 0 Å². The first kappa shape index (κ1) is 22.5. The van der Waals surface area contributed by atoms with Crippen LogP contribution < -0.4 is 10.0 Å². The highest BCUT2D eigenvalue weighted by Crippen LogP contribution is 2.31. The maximum Gasteiger partial charge on any atom is 0.226 e. The van der Waals surface area contributed by atoms with Gasteiger partial charge in [-0.15, -0.1) is 0 Å². The highest BCUT2D eigenvalue weighted by atomic mass is 79.9. The normalized spacial score (nSPS) is 20.5. The van der Waals surface area contributed by atoms with Crippen molar-refractivity contribution in [3.05, 3.63) is 65.2 Å². The summed E-state index contributed by atoms with van der Waals surface area (Å²) in [6.07, 6.45) is 4.51. The van der Waals surface area contributed by atoms with E-state index in [0.717, 1.165) is 26.6 Å². The minimum atomic E-state index is -1.15. The van der Waals surface area contributed by atoms with Gasteiger partial charge in [-0.2, -0.15) is 0 Å². The minimum Gasteiger partial charge on any atom is -0.550 e. The van der Waals surface area contributed by atoms with Crippen LogP contribution in [0.3, 0.4) is 0 Å². The third-order valence-corrected chi connectivity index (χ3v) is 7.11. The lowest BCUT2D eigenvalue weighted by atomic mass is 9.82. The Morgan fingerprint density at radius 1 is 0.912 bits per heavy atom. The van der Waals surface area contributed by atoms with E-state index in [1.54, 1.807) is 4.90 Å². The number of aromatic nitrogens is 2. The molecule has 34 heavy (non-hydrogen) atoms. The molecule has 2 aliphatic rings. The van der Waals surface area contributed by atoms with Gasteiger partial charge in [0.15, 0.2) is 0 Å². The SMILES string of the molecule is O=C([O-])C1CC=CCC1C(=O)N1CCN(c2nc(-c3ccccc3)c3cc(Br)ccc3n2)CC1. The fourth-order valence-corrected chi connectivity index (χ4v) is 5.12. The molecule has 174 valence electrons. The molecule has 2 unspecified atom stereocenters. The van der Waals surface area contributed by atoms with Gasteiger partial charge in [-0.3, -0.25) is 4.79 Å². The molecule has 1 aromatic heterocycles. The highest BCUT2D eigenvalue weighted by Gasteiger charge is 2.34. The van der Waals surface area contributed by atoms with Crippen molar-refractivity contribution in [2.24, 2.45) is 11.8 Å². The number of nitrogens with zero attached hydrogens (tertiary/aromatic N) is 4. The van der Waals surface area contributed by atoms with Crippen LogP contribution in [0.25, 0.3) is 22.2 Å². The van der Waals surface area contributed by atoms with Crippen LogP contribution in [0, 0.1) is 11.8 Å². The second-order valence-electron chi connectivity index (χ2n) is 8.69. The van der Waals surface area contributed by atoms with Crippen LogP contribution in [0.4, 0.5) is 5.95 Å². The number of aliphatic carboxylic acids is 1. The number of halogens is 1. The molecule has 1 fully saturated rings. The van der Waals surface area contributed by atoms with Crippen molar-refractivity contribution in [2.75, 3.05) is 31.1 Å². The smallest absolute Gasteiger partial charge is 0.226 e. The van der Waals surface area contributed by atoms with Gasteiger partial charge in [-0.05, 0) is 31.0 Å². The zero-order chi connectivity index (χ0) is 23.7. The Balaban J connectivity index is 1.38. The lowest BCUT2D eigenvalue weighted by molar-refractivity contribution is -0.313. The fourth-order valence-electron chi connectivity index (χ4n) is 4.75. The van der Waals surface area contributed by atoms with Crippen LogP contribution in [0.2, 0.25) is 0 Å². The monoisotopic (exact) mass is 519 g/mol. The summed E-state index contributed by atoms with van der Waals surface area (Å²) in [7, 11) is 0. The summed E-state index contributed by atoms with van der Waals surface area (Å²) in [5, 5.41) is 12.5. The van der Waals surface area contributed by atoms with Gasteiger partial charge in [0, 0.05) is 59.4 Å². The van der Waals surface area contributed by atoms with Gasteiger partial charge >= 0.3 is 0 Å². The summed E-state index contributed by atoms with van der Waals surface area (Å²) in [6.45, 7) is 2.17. The van der Waals surface area contributed by atoms with Crippen molar-refractivity contribution in [3.8, 4) is 11.3 Å². The molecule has 0 saturated carbocycles. The third kappa shape index (κ3) is 4.42. The van der Waals surface area contributed by atoms with Gasteiger partial charge in [0.1, 0.15) is 0 Å². The summed E-state index contributed by atoms with van der Waals surface area (Å²) in [5.74, 6) is -1.93. The Labute approximate surface area is 206 Å². The number of carboxylic acid groups (broad SMARTS) is 1. The first-order valence-electron chi connectivity index (χ1n) is 11.4. The molecule has 5 rings (SSSR count). The first-order chi connectivity index (χ1) is 16.5. The molecule has 0 radical (unpaired) electrons. The van der Waals surface area contributed by atoms with E-state index in [0.29, 0.717) is 45.0 Å². The van der Waals surface area contributed by atoms with Gasteiger partial charge < -0.3 is 19.7 Å². The van der Waals surface area contributed by atoms with Crippen molar-refractivity contribution in [1.82, 2.24) is 14.9 Å². The molecular weight excluding hydrogens is 496 g/mol. The molecule has 0 spiro atoms. The Morgan fingerprint density at radius 3 is 2.32 bits per heavy atom. The van der Waals surface area contributed by atoms with Gasteiger partial charge in [0.05, 0.1) is 11.2 Å². The molecule has 0 bridgehead atoms. The molecule has 8 heteroatoms. The standard InChI is InChI=1S/C26H25BrN4O3/c27-18-10-11-22-21(16-18)23(17-6-2-1-3-7-17)29-26(28-22)31-14-12-30(13-15-31)24(32)19-8-4-5-9-20(19)25(33)34/h1-7,10-11,16,19-20H,8-9,12-15H2,(H,33,34)/p-1. The number of allylic oxidation sites excluding steroid dienone is 2. The van der Waals surface area contributed by atoms with Crippen LogP contribution in [-0.2, 0) is 9.59 Å². The quantitative estimate of drug-likeness (QED) is 0.492. The molecule has 2 heterocycles. The first-order valence-corrected chi connectivity index (χ1v) is 12.2. The predicted molar refractivity (Wildman–Crippen MR) is 132 cm³/mol. The third-order valence-electron chi connectivity index (χ3n) is 6.62. The van der Waals surface area contributed by atoms with Crippen molar-refractivity contribution in [2.45, 2.75) is 12.8 Å². The van der Waals surface area contributed by atoms with E-state index in [-0.39, 0.29) is 5.91 Å². The minimum absolute atomic E-state index is 0.104. The van der Waals surface area contributed by atoms with Gasteiger partial charge in [-0.1, -0.05) is 58.4 Å². The molecule has 1 saturated heterocycles. The van der Waals surface area contributed by atoms with E-state index in [9.17, 15) is 14.7 Å². The summed E-state index contributed by atoms with van der Waals surface area (Å²) in [4.78, 5) is 38.2. The van der Waals surface area contributed by atoms with Crippen molar-refractivity contribution >= 4 is 44.7 Å². The zero-order valence-corrected chi connectivity index (χ0v) is 20.1. The lowest BCUT2D eigenvalue weighted by Gasteiger charge is -2.38. The van der Waals surface area contributed by atoms with E-state index in [4.69, 9.17) is 9.97 Å². The Morgan fingerprint density at radius 2 is 1.62 bits per heavy atom. The predicted octanol–water partition coefficient (Wildman–Crippen LogP) is 3.04. The van der Waals surface area contributed by atoms with Gasteiger partial charge in [-0.25, -0.2) is 9.97 Å². The highest BCUT2D eigenvalue weighted by molar-refractivity contribution is 9.10. The van der Waals surface area contributed by atoms with Crippen LogP contribution in [-0.4, -0.2) is 52.9 Å². The Bertz CT molecular complexity index is 1260. The number of carbonyl (C=O) groups excluding carboxylic acids is 2. The molecule has 2 atom stereocenters. The number of carboxylic acids is 1. The topological polar surface area (TPSA) is 89.5 Å². The molecule has 1 aliphatic carbocycles. The maximum atomic E-state index is 13.1. The molecule has 1 aliphatic heterocycles. The van der Waals surface area contributed by atoms with E-state index in [2.05, 4.69) is 20.8 Å². The molecule has 7 nitrogen and oxygen atoms in total. The van der Waals surface area contributed by atoms with Gasteiger partial charge in [0.2, 0.25) is 11.9 Å². The zero-order valence-electron chi connectivity index (χ0n) is 18.6. The van der Waals surface area contributed by atoms with Crippen LogP contribution in [0.1, 0.15) is 12.8 Å². The van der Waals surface area contributed by atoms with E-state index in [1.807, 2.05) is 60.7 Å². The van der Waals surface area contributed by atoms with Crippen LogP contribution >= 0.6 is 15.9 Å². The largest absolute Gasteiger partial charge is 0.550 e. The second kappa shape index (κ2) is 9.54. The number of hydrogen-bond acceptors (Lipinski definition) is 6. The average Bonchev–Trinajstić information content (AvgIpc) is 2.88. The second-order valence-corrected chi connectivity index (χ2v) is 9.60. The fraction of sp³-hybridized carbons (Fsp3) is 0.308. The Kier molecular flexibility index (Phi) is 6.32. The number of rotatable bonds is 4. The summed E-state index contributed by atoms with van der Waals surface area (Å²) < 4.78 is 0.966. The summed E-state index contributed by atoms with van der Waals surface area (Å²) >= 11 is 3.55. The molecular formula is C26H24BrN4O3-.